The number of rotatable bonds is 6. The summed E-state index contributed by atoms with van der Waals surface area (Å²) in [5.74, 6) is 0.767. The predicted molar refractivity (Wildman–Crippen MR) is 81.4 cm³/mol. The van der Waals surface area contributed by atoms with Crippen LogP contribution < -0.4 is 5.32 Å². The van der Waals surface area contributed by atoms with E-state index in [9.17, 15) is 5.11 Å². The third-order valence-electron chi connectivity index (χ3n) is 4.32. The Bertz CT molecular complexity index is 394. The molecule has 0 aliphatic heterocycles. The Morgan fingerprint density at radius 1 is 1.20 bits per heavy atom. The summed E-state index contributed by atoms with van der Waals surface area (Å²) >= 11 is 0. The number of ether oxygens (including phenoxy) is 1. The maximum atomic E-state index is 10.5. The van der Waals surface area contributed by atoms with Gasteiger partial charge in [-0.25, -0.2) is 0 Å². The molecular formula is C17H27NO2. The van der Waals surface area contributed by atoms with Gasteiger partial charge in [0.2, 0.25) is 0 Å². The molecule has 3 nitrogen and oxygen atoms in total. The summed E-state index contributed by atoms with van der Waals surface area (Å²) in [6.45, 7) is 4.44. The Morgan fingerprint density at radius 2 is 1.80 bits per heavy atom. The van der Waals surface area contributed by atoms with Crippen molar-refractivity contribution in [2.75, 3.05) is 13.7 Å². The summed E-state index contributed by atoms with van der Waals surface area (Å²) in [6, 6.07) is 8.43. The van der Waals surface area contributed by atoms with Gasteiger partial charge in [-0.05, 0) is 42.7 Å². The van der Waals surface area contributed by atoms with Crippen molar-refractivity contribution in [3.63, 3.8) is 0 Å². The van der Waals surface area contributed by atoms with Gasteiger partial charge in [0, 0.05) is 20.2 Å². The van der Waals surface area contributed by atoms with Crippen molar-refractivity contribution in [1.82, 2.24) is 5.32 Å². The zero-order chi connectivity index (χ0) is 14.4. The topological polar surface area (TPSA) is 41.5 Å². The van der Waals surface area contributed by atoms with Crippen LogP contribution in [-0.4, -0.2) is 24.4 Å². The first-order chi connectivity index (χ1) is 9.61. The molecule has 2 N–H and O–H groups in total. The van der Waals surface area contributed by atoms with Gasteiger partial charge in [-0.2, -0.15) is 0 Å². The zero-order valence-electron chi connectivity index (χ0n) is 12.7. The molecule has 0 atom stereocenters. The van der Waals surface area contributed by atoms with Gasteiger partial charge in [0.25, 0.3) is 0 Å². The summed E-state index contributed by atoms with van der Waals surface area (Å²) in [7, 11) is 1.71. The van der Waals surface area contributed by atoms with E-state index >= 15 is 0 Å². The first-order valence-electron chi connectivity index (χ1n) is 7.61. The van der Waals surface area contributed by atoms with Crippen molar-refractivity contribution in [1.29, 1.82) is 0 Å². The monoisotopic (exact) mass is 277 g/mol. The van der Waals surface area contributed by atoms with E-state index in [1.165, 1.54) is 11.1 Å². The summed E-state index contributed by atoms with van der Waals surface area (Å²) in [4.78, 5) is 0. The maximum Gasteiger partial charge on any atom is 0.0771 e. The molecule has 20 heavy (non-hydrogen) atoms. The lowest BCUT2D eigenvalue weighted by Gasteiger charge is -2.35. The Hall–Kier alpha value is -0.900. The van der Waals surface area contributed by atoms with Gasteiger partial charge in [0.15, 0.2) is 0 Å². The first-order valence-corrected chi connectivity index (χ1v) is 7.61. The molecule has 1 fully saturated rings. The van der Waals surface area contributed by atoms with Gasteiger partial charge in [-0.1, -0.05) is 31.2 Å². The summed E-state index contributed by atoms with van der Waals surface area (Å²) < 4.78 is 5.10. The van der Waals surface area contributed by atoms with Crippen molar-refractivity contribution in [3.05, 3.63) is 35.4 Å². The van der Waals surface area contributed by atoms with E-state index in [2.05, 4.69) is 36.5 Å². The van der Waals surface area contributed by atoms with Crippen LogP contribution in [0.1, 0.15) is 43.7 Å². The fourth-order valence-electron chi connectivity index (χ4n) is 2.84. The van der Waals surface area contributed by atoms with Crippen LogP contribution in [-0.2, 0) is 17.9 Å². The Balaban J connectivity index is 1.75. The van der Waals surface area contributed by atoms with Crippen LogP contribution in [0.15, 0.2) is 24.3 Å². The van der Waals surface area contributed by atoms with Crippen LogP contribution in [0.3, 0.4) is 0 Å². The highest BCUT2D eigenvalue weighted by atomic mass is 16.5. The average Bonchev–Trinajstić information content (AvgIpc) is 2.45. The lowest BCUT2D eigenvalue weighted by Crippen LogP contribution is -2.43. The number of benzene rings is 1. The molecule has 0 radical (unpaired) electrons. The minimum absolute atomic E-state index is 0.498. The first kappa shape index (κ1) is 15.5. The van der Waals surface area contributed by atoms with Crippen molar-refractivity contribution < 1.29 is 9.84 Å². The number of nitrogens with one attached hydrogen (secondary N) is 1. The van der Waals surface area contributed by atoms with E-state index in [0.29, 0.717) is 13.2 Å². The third-order valence-corrected chi connectivity index (χ3v) is 4.32. The van der Waals surface area contributed by atoms with Gasteiger partial charge < -0.3 is 15.2 Å². The number of aliphatic hydroxyl groups is 1. The van der Waals surface area contributed by atoms with Gasteiger partial charge in [-0.3, -0.25) is 0 Å². The molecular weight excluding hydrogens is 250 g/mol. The number of methoxy groups -OCH3 is 1. The smallest absolute Gasteiger partial charge is 0.0771 e. The molecule has 1 saturated carbocycles. The molecule has 112 valence electrons. The molecule has 0 bridgehead atoms. The minimum atomic E-state index is -0.498. The normalized spacial score (nSPS) is 26.6. The summed E-state index contributed by atoms with van der Waals surface area (Å²) in [5, 5.41) is 13.9. The van der Waals surface area contributed by atoms with E-state index in [4.69, 9.17) is 4.74 Å². The van der Waals surface area contributed by atoms with Crippen LogP contribution in [0.4, 0.5) is 0 Å². The third kappa shape index (κ3) is 4.58. The lowest BCUT2D eigenvalue weighted by atomic mass is 9.79. The van der Waals surface area contributed by atoms with Crippen LogP contribution in [0.5, 0.6) is 0 Å². The van der Waals surface area contributed by atoms with E-state index in [1.807, 2.05) is 0 Å². The maximum absolute atomic E-state index is 10.5. The van der Waals surface area contributed by atoms with E-state index in [-0.39, 0.29) is 0 Å². The Kier molecular flexibility index (Phi) is 5.58. The molecule has 1 aliphatic rings. The molecule has 0 spiro atoms. The Morgan fingerprint density at radius 3 is 2.40 bits per heavy atom. The summed E-state index contributed by atoms with van der Waals surface area (Å²) in [6.07, 6.45) is 4.13. The van der Waals surface area contributed by atoms with Gasteiger partial charge in [-0.15, -0.1) is 0 Å². The highest BCUT2D eigenvalue weighted by molar-refractivity contribution is 5.21. The van der Waals surface area contributed by atoms with Crippen molar-refractivity contribution in [2.24, 2.45) is 5.92 Å². The Labute approximate surface area is 122 Å². The fourth-order valence-corrected chi connectivity index (χ4v) is 2.84. The summed E-state index contributed by atoms with van der Waals surface area (Å²) in [5.41, 5.74) is 1.94. The van der Waals surface area contributed by atoms with Crippen molar-refractivity contribution in [2.45, 2.75) is 51.4 Å². The molecule has 1 aromatic rings. The largest absolute Gasteiger partial charge is 0.389 e. The van der Waals surface area contributed by atoms with Gasteiger partial charge >= 0.3 is 0 Å². The number of hydrogen-bond acceptors (Lipinski definition) is 3. The second-order valence-corrected chi connectivity index (χ2v) is 6.26. The number of hydrogen-bond donors (Lipinski definition) is 2. The molecule has 1 aromatic carbocycles. The molecule has 0 amide bonds. The minimum Gasteiger partial charge on any atom is -0.389 e. The van der Waals surface area contributed by atoms with Gasteiger partial charge in [0.05, 0.1) is 12.2 Å². The standard InChI is InChI=1S/C17H27NO2/c1-14-7-9-17(19,10-8-14)13-18-11-15-3-5-16(6-4-15)12-20-2/h3-6,14,18-19H,7-13H2,1-2H3. The van der Waals surface area contributed by atoms with E-state index in [0.717, 1.165) is 38.1 Å². The molecule has 0 saturated heterocycles. The van der Waals surface area contributed by atoms with Crippen molar-refractivity contribution in [3.8, 4) is 0 Å². The highest BCUT2D eigenvalue weighted by Gasteiger charge is 2.31. The molecule has 2 rings (SSSR count). The molecule has 1 aliphatic carbocycles. The molecule has 0 unspecified atom stereocenters. The average molecular weight is 277 g/mol. The van der Waals surface area contributed by atoms with Crippen LogP contribution in [0, 0.1) is 5.92 Å². The van der Waals surface area contributed by atoms with Crippen LogP contribution in [0.25, 0.3) is 0 Å². The highest BCUT2D eigenvalue weighted by Crippen LogP contribution is 2.31. The zero-order valence-corrected chi connectivity index (χ0v) is 12.7. The molecule has 0 aromatic heterocycles. The lowest BCUT2D eigenvalue weighted by molar-refractivity contribution is -0.00630. The van der Waals surface area contributed by atoms with Crippen LogP contribution in [0.2, 0.25) is 0 Å². The quantitative estimate of drug-likeness (QED) is 0.840. The molecule has 3 heteroatoms. The van der Waals surface area contributed by atoms with E-state index in [1.54, 1.807) is 7.11 Å². The second kappa shape index (κ2) is 7.21. The molecule has 0 heterocycles. The van der Waals surface area contributed by atoms with Crippen molar-refractivity contribution >= 4 is 0 Å². The van der Waals surface area contributed by atoms with Crippen LogP contribution >= 0.6 is 0 Å². The van der Waals surface area contributed by atoms with Gasteiger partial charge in [0.1, 0.15) is 0 Å². The SMILES string of the molecule is COCc1ccc(CNCC2(O)CCC(C)CC2)cc1. The predicted octanol–water partition coefficient (Wildman–Crippen LogP) is 2.86. The van der Waals surface area contributed by atoms with E-state index < -0.39 is 5.60 Å². The fraction of sp³-hybridized carbons (Fsp3) is 0.647. The second-order valence-electron chi connectivity index (χ2n) is 6.26.